The Morgan fingerprint density at radius 2 is 2.28 bits per heavy atom. The number of nitrogens with zero attached hydrogens (tertiary/aromatic N) is 3. The average molecular weight is 250 g/mol. The van der Waals surface area contributed by atoms with Crippen LogP contribution >= 0.6 is 0 Å². The van der Waals surface area contributed by atoms with E-state index < -0.39 is 10.7 Å². The van der Waals surface area contributed by atoms with E-state index in [9.17, 15) is 14.5 Å². The molecule has 0 amide bonds. The van der Waals surface area contributed by atoms with Crippen LogP contribution in [0.1, 0.15) is 5.56 Å². The molecule has 0 saturated carbocycles. The summed E-state index contributed by atoms with van der Waals surface area (Å²) in [5.41, 5.74) is 0.172. The summed E-state index contributed by atoms with van der Waals surface area (Å²) >= 11 is 0. The molecule has 1 aromatic carbocycles. The van der Waals surface area contributed by atoms with Crippen molar-refractivity contribution in [1.29, 1.82) is 0 Å². The topological polar surface area (TPSA) is 73.0 Å². The van der Waals surface area contributed by atoms with Crippen molar-refractivity contribution in [2.45, 2.75) is 6.54 Å². The molecule has 1 aromatic heterocycles. The molecule has 0 spiro atoms. The van der Waals surface area contributed by atoms with Gasteiger partial charge in [-0.1, -0.05) is 0 Å². The zero-order valence-corrected chi connectivity index (χ0v) is 9.63. The minimum absolute atomic E-state index is 0.111. The van der Waals surface area contributed by atoms with E-state index in [0.717, 1.165) is 18.2 Å². The Morgan fingerprint density at radius 3 is 2.89 bits per heavy atom. The number of nitro benzene ring substituents is 1. The minimum atomic E-state index is -0.533. The number of nitro groups is 1. The third-order valence-electron chi connectivity index (χ3n) is 2.41. The molecule has 18 heavy (non-hydrogen) atoms. The molecule has 1 heterocycles. The van der Waals surface area contributed by atoms with Crippen LogP contribution in [0.25, 0.3) is 0 Å². The van der Waals surface area contributed by atoms with Crippen LogP contribution in [-0.2, 0) is 13.6 Å². The normalized spacial score (nSPS) is 10.3. The standard InChI is InChI=1S/C11H11FN4O2/c1-15-5-4-11(14-15)13-7-8-6-9(12)2-3-10(8)16(17)18/h2-6H,7H2,1H3,(H,13,14). The number of hydrogen-bond acceptors (Lipinski definition) is 4. The third-order valence-corrected chi connectivity index (χ3v) is 2.41. The first kappa shape index (κ1) is 12.0. The van der Waals surface area contributed by atoms with Gasteiger partial charge in [-0.05, 0) is 12.1 Å². The van der Waals surface area contributed by atoms with Crippen molar-refractivity contribution >= 4 is 11.5 Å². The van der Waals surface area contributed by atoms with Gasteiger partial charge in [-0.2, -0.15) is 5.10 Å². The predicted molar refractivity (Wildman–Crippen MR) is 63.6 cm³/mol. The molecule has 0 saturated heterocycles. The second kappa shape index (κ2) is 4.82. The molecule has 1 N–H and O–H groups in total. The van der Waals surface area contributed by atoms with Crippen LogP contribution in [0.3, 0.4) is 0 Å². The summed E-state index contributed by atoms with van der Waals surface area (Å²) in [6.07, 6.45) is 1.74. The fourth-order valence-corrected chi connectivity index (χ4v) is 1.57. The molecule has 0 unspecified atom stereocenters. The lowest BCUT2D eigenvalue weighted by atomic mass is 10.1. The van der Waals surface area contributed by atoms with Gasteiger partial charge in [0.15, 0.2) is 0 Å². The van der Waals surface area contributed by atoms with E-state index in [2.05, 4.69) is 10.4 Å². The van der Waals surface area contributed by atoms with Crippen LogP contribution in [0.15, 0.2) is 30.5 Å². The predicted octanol–water partition coefficient (Wildman–Crippen LogP) is 2.08. The SMILES string of the molecule is Cn1ccc(NCc2cc(F)ccc2[N+](=O)[O-])n1. The van der Waals surface area contributed by atoms with Gasteiger partial charge in [0.1, 0.15) is 11.6 Å². The van der Waals surface area contributed by atoms with Gasteiger partial charge in [0, 0.05) is 31.9 Å². The Morgan fingerprint density at radius 1 is 1.50 bits per heavy atom. The highest BCUT2D eigenvalue weighted by Gasteiger charge is 2.14. The summed E-state index contributed by atoms with van der Waals surface area (Å²) in [5, 5.41) is 17.7. The lowest BCUT2D eigenvalue weighted by molar-refractivity contribution is -0.385. The number of nitrogens with one attached hydrogen (secondary N) is 1. The first-order chi connectivity index (χ1) is 8.56. The van der Waals surface area contributed by atoms with E-state index in [1.807, 2.05) is 0 Å². The maximum Gasteiger partial charge on any atom is 0.274 e. The second-order valence-corrected chi connectivity index (χ2v) is 3.76. The molecule has 0 fully saturated rings. The van der Waals surface area contributed by atoms with E-state index in [1.165, 1.54) is 0 Å². The van der Waals surface area contributed by atoms with Crippen molar-refractivity contribution in [3.8, 4) is 0 Å². The van der Waals surface area contributed by atoms with Gasteiger partial charge in [0.2, 0.25) is 0 Å². The molecule has 7 heteroatoms. The van der Waals surface area contributed by atoms with Gasteiger partial charge in [0.05, 0.1) is 10.5 Å². The van der Waals surface area contributed by atoms with Crippen LogP contribution in [0.5, 0.6) is 0 Å². The quantitative estimate of drug-likeness (QED) is 0.666. The zero-order valence-electron chi connectivity index (χ0n) is 9.63. The van der Waals surface area contributed by atoms with Gasteiger partial charge in [0.25, 0.3) is 5.69 Å². The van der Waals surface area contributed by atoms with E-state index in [0.29, 0.717) is 5.82 Å². The second-order valence-electron chi connectivity index (χ2n) is 3.76. The van der Waals surface area contributed by atoms with Crippen LogP contribution in [0, 0.1) is 15.9 Å². The Balaban J connectivity index is 2.17. The first-order valence-corrected chi connectivity index (χ1v) is 5.22. The molecule has 0 radical (unpaired) electrons. The summed E-state index contributed by atoms with van der Waals surface area (Å²) in [5.74, 6) is 0.0782. The van der Waals surface area contributed by atoms with Crippen molar-refractivity contribution in [3.63, 3.8) is 0 Å². The summed E-state index contributed by atoms with van der Waals surface area (Å²) in [6.45, 7) is 0.144. The average Bonchev–Trinajstić information content (AvgIpc) is 2.72. The molecule has 94 valence electrons. The lowest BCUT2D eigenvalue weighted by Crippen LogP contribution is -2.04. The zero-order chi connectivity index (χ0) is 13.1. The van der Waals surface area contributed by atoms with Crippen LogP contribution in [0.4, 0.5) is 15.9 Å². The van der Waals surface area contributed by atoms with Gasteiger partial charge in [-0.15, -0.1) is 0 Å². The van der Waals surface area contributed by atoms with E-state index >= 15 is 0 Å². The largest absolute Gasteiger partial charge is 0.364 e. The van der Waals surface area contributed by atoms with Crippen molar-refractivity contribution in [2.75, 3.05) is 5.32 Å². The maximum absolute atomic E-state index is 13.1. The smallest absolute Gasteiger partial charge is 0.274 e. The number of benzene rings is 1. The number of anilines is 1. The highest BCUT2D eigenvalue weighted by molar-refractivity contribution is 5.43. The summed E-state index contributed by atoms with van der Waals surface area (Å²) in [4.78, 5) is 10.3. The first-order valence-electron chi connectivity index (χ1n) is 5.22. The molecular formula is C11H11FN4O2. The van der Waals surface area contributed by atoms with Gasteiger partial charge in [-0.25, -0.2) is 4.39 Å². The number of aryl methyl sites for hydroxylation is 1. The third kappa shape index (κ3) is 2.62. The Kier molecular flexibility index (Phi) is 3.22. The lowest BCUT2D eigenvalue weighted by Gasteiger charge is -2.04. The molecule has 0 aliphatic carbocycles. The van der Waals surface area contributed by atoms with Gasteiger partial charge < -0.3 is 5.32 Å². The molecule has 0 aliphatic heterocycles. The van der Waals surface area contributed by atoms with Crippen molar-refractivity contribution < 1.29 is 9.31 Å². The highest BCUT2D eigenvalue weighted by atomic mass is 19.1. The molecule has 0 atom stereocenters. The van der Waals surface area contributed by atoms with Crippen molar-refractivity contribution in [1.82, 2.24) is 9.78 Å². The number of aromatic nitrogens is 2. The molecule has 0 bridgehead atoms. The fraction of sp³-hybridized carbons (Fsp3) is 0.182. The van der Waals surface area contributed by atoms with E-state index in [4.69, 9.17) is 0 Å². The molecule has 0 aliphatic rings. The summed E-state index contributed by atoms with van der Waals surface area (Å²) in [6, 6.07) is 5.10. The Hall–Kier alpha value is -2.44. The summed E-state index contributed by atoms with van der Waals surface area (Å²) in [7, 11) is 1.76. The summed E-state index contributed by atoms with van der Waals surface area (Å²) < 4.78 is 14.7. The molecule has 2 aromatic rings. The minimum Gasteiger partial charge on any atom is -0.364 e. The fourth-order valence-electron chi connectivity index (χ4n) is 1.57. The Bertz CT molecular complexity index is 582. The van der Waals surface area contributed by atoms with Crippen molar-refractivity contribution in [2.24, 2.45) is 7.05 Å². The Labute approximate surface area is 102 Å². The molecule has 2 rings (SSSR count). The number of halogens is 1. The molecular weight excluding hydrogens is 239 g/mol. The van der Waals surface area contributed by atoms with Crippen LogP contribution < -0.4 is 5.32 Å². The van der Waals surface area contributed by atoms with E-state index in [1.54, 1.807) is 24.0 Å². The molecule has 6 nitrogen and oxygen atoms in total. The number of rotatable bonds is 4. The number of hydrogen-bond donors (Lipinski definition) is 1. The van der Waals surface area contributed by atoms with Crippen LogP contribution in [-0.4, -0.2) is 14.7 Å². The van der Waals surface area contributed by atoms with Gasteiger partial charge >= 0.3 is 0 Å². The monoisotopic (exact) mass is 250 g/mol. The van der Waals surface area contributed by atoms with Gasteiger partial charge in [-0.3, -0.25) is 14.8 Å². The maximum atomic E-state index is 13.1. The van der Waals surface area contributed by atoms with Crippen molar-refractivity contribution in [3.05, 3.63) is 52.0 Å². The van der Waals surface area contributed by atoms with E-state index in [-0.39, 0.29) is 17.8 Å². The van der Waals surface area contributed by atoms with Crippen LogP contribution in [0.2, 0.25) is 0 Å². The highest BCUT2D eigenvalue weighted by Crippen LogP contribution is 2.20.